The first-order chi connectivity index (χ1) is 30.1. The van der Waals surface area contributed by atoms with Crippen LogP contribution < -0.4 is 71.9 Å². The molecular weight excluding hydrogens is 954 g/mol. The minimum absolute atomic E-state index is 0.259. The minimum Gasteiger partial charge on any atom is -0.497 e. The van der Waals surface area contributed by atoms with Gasteiger partial charge < -0.3 is 71.9 Å². The van der Waals surface area contributed by atoms with E-state index < -0.39 is 24.1 Å². The quantitative estimate of drug-likeness (QED) is 0.0767. The number of nitrogens with zero attached hydrogens (tertiary/aromatic N) is 4. The summed E-state index contributed by atoms with van der Waals surface area (Å²) < 4.78 is 19.1. The molecule has 65 heavy (non-hydrogen) atoms. The Morgan fingerprint density at radius 3 is 1.06 bits per heavy atom. The van der Waals surface area contributed by atoms with Crippen LogP contribution in [0.4, 0.5) is 46.3 Å². The van der Waals surface area contributed by atoms with Gasteiger partial charge in [0.1, 0.15) is 11.6 Å². The molecule has 0 radical (unpaired) electrons. The molecule has 21 nitrogen and oxygen atoms in total. The van der Waals surface area contributed by atoms with Crippen molar-refractivity contribution in [1.82, 2.24) is 0 Å². The number of aliphatic imine (C=N–C) groups is 4. The predicted molar refractivity (Wildman–Crippen MR) is 262 cm³/mol. The Kier molecular flexibility index (Phi) is 22.5. The molecule has 0 saturated carbocycles. The summed E-state index contributed by atoms with van der Waals surface area (Å²) in [5, 5.41) is 11.0. The topological polar surface area (TPSA) is 383 Å². The van der Waals surface area contributed by atoms with Crippen molar-refractivity contribution in [2.45, 2.75) is 48.5 Å². The Labute approximate surface area is 392 Å². The molecule has 8 amide bonds. The van der Waals surface area contributed by atoms with Gasteiger partial charge in [-0.3, -0.25) is 0 Å². The van der Waals surface area contributed by atoms with Gasteiger partial charge in [-0.15, -0.1) is 0 Å². The summed E-state index contributed by atoms with van der Waals surface area (Å²) in [6.45, 7) is 12.6. The van der Waals surface area contributed by atoms with E-state index in [4.69, 9.17) is 73.8 Å². The number of anilines is 4. The van der Waals surface area contributed by atoms with Gasteiger partial charge in [0.05, 0.1) is 17.8 Å². The largest absolute Gasteiger partial charge is 0.497 e. The molecule has 4 rings (SSSR count). The molecule has 0 fully saturated rings. The third-order valence-electron chi connectivity index (χ3n) is 7.84. The second kappa shape index (κ2) is 26.3. The van der Waals surface area contributed by atoms with Crippen LogP contribution >= 0.6 is 39.1 Å². The first kappa shape index (κ1) is 55.6. The number of carbonyl (C=O) groups is 4. The summed E-state index contributed by atoms with van der Waals surface area (Å²) in [6.07, 6.45) is 0. The van der Waals surface area contributed by atoms with Crippen molar-refractivity contribution in [2.75, 3.05) is 28.4 Å². The molecule has 350 valence electrons. The van der Waals surface area contributed by atoms with E-state index in [1.54, 1.807) is 33.9 Å². The summed E-state index contributed by atoms with van der Waals surface area (Å²) in [5.41, 5.74) is 48.6. The number of benzene rings is 4. The van der Waals surface area contributed by atoms with Gasteiger partial charge in [-0.1, -0.05) is 39.1 Å². The molecule has 20 N–H and O–H groups in total. The summed E-state index contributed by atoms with van der Waals surface area (Å²) in [6, 6.07) is 10.7. The second-order valence-electron chi connectivity index (χ2n) is 13.4. The fraction of sp³-hybridized carbons (Fsp3) is 0.200. The molecule has 4 aromatic rings. The van der Waals surface area contributed by atoms with E-state index >= 15 is 0 Å². The zero-order valence-electron chi connectivity index (χ0n) is 36.6. The van der Waals surface area contributed by atoms with Crippen LogP contribution in [0.1, 0.15) is 38.9 Å². The lowest BCUT2D eigenvalue weighted by molar-refractivity contribution is 0.258. The van der Waals surface area contributed by atoms with E-state index in [0.29, 0.717) is 38.2 Å². The summed E-state index contributed by atoms with van der Waals surface area (Å²) in [4.78, 5) is 58.6. The first-order valence-corrected chi connectivity index (χ1v) is 20.0. The third-order valence-corrected chi connectivity index (χ3v) is 8.81. The van der Waals surface area contributed by atoms with Crippen LogP contribution in [0.2, 0.25) is 10.0 Å². The maximum absolute atomic E-state index is 13.0. The van der Waals surface area contributed by atoms with E-state index in [2.05, 4.69) is 57.2 Å². The lowest BCUT2D eigenvalue weighted by Gasteiger charge is -2.11. The monoisotopic (exact) mass is 1000 g/mol. The van der Waals surface area contributed by atoms with Crippen LogP contribution in [-0.2, 0) is 0 Å². The molecule has 0 saturated heterocycles. The molecular formula is C40H52BrCl2FN16O5. The highest BCUT2D eigenvalue weighted by Crippen LogP contribution is 2.30. The van der Waals surface area contributed by atoms with Gasteiger partial charge in [-0.25, -0.2) is 23.6 Å². The van der Waals surface area contributed by atoms with E-state index in [1.807, 2.05) is 52.0 Å². The normalized spacial score (nSPS) is 9.66. The Balaban J connectivity index is 0.000000433. The number of nitrogens with one attached hydrogen (secondary N) is 4. The Morgan fingerprint density at radius 1 is 0.492 bits per heavy atom. The van der Waals surface area contributed by atoms with Crippen molar-refractivity contribution >= 4 is 110 Å². The second-order valence-corrected chi connectivity index (χ2v) is 15.2. The molecule has 0 aromatic heterocycles. The van der Waals surface area contributed by atoms with Crippen LogP contribution in [-0.4, -0.2) is 55.1 Å². The van der Waals surface area contributed by atoms with E-state index in [9.17, 15) is 23.6 Å². The fourth-order valence-corrected chi connectivity index (χ4v) is 6.65. The van der Waals surface area contributed by atoms with Crippen molar-refractivity contribution in [3.63, 3.8) is 0 Å². The van der Waals surface area contributed by atoms with Crippen LogP contribution in [0, 0.1) is 54.3 Å². The zero-order chi connectivity index (χ0) is 49.9. The molecule has 0 bridgehead atoms. The van der Waals surface area contributed by atoms with E-state index in [0.717, 1.165) is 43.7 Å². The molecule has 25 heteroatoms. The van der Waals surface area contributed by atoms with Gasteiger partial charge in [-0.05, 0) is 136 Å². The molecule has 0 atom stereocenters. The number of aryl methyl sites for hydroxylation is 7. The summed E-state index contributed by atoms with van der Waals surface area (Å²) >= 11 is 15.1. The van der Waals surface area contributed by atoms with Crippen LogP contribution in [0.25, 0.3) is 0 Å². The number of hydrogen-bond acceptors (Lipinski definition) is 5. The van der Waals surface area contributed by atoms with Gasteiger partial charge in [0.2, 0.25) is 0 Å². The summed E-state index contributed by atoms with van der Waals surface area (Å²) in [5.74, 6) is -0.791. The van der Waals surface area contributed by atoms with Gasteiger partial charge in [-0.2, -0.15) is 20.0 Å². The molecule has 0 aliphatic carbocycles. The first-order valence-electron chi connectivity index (χ1n) is 18.4. The lowest BCUT2D eigenvalue weighted by atomic mass is 10.1. The van der Waals surface area contributed by atoms with Crippen LogP contribution in [0.3, 0.4) is 0 Å². The molecule has 0 unspecified atom stereocenters. The average Bonchev–Trinajstić information content (AvgIpc) is 3.14. The highest BCUT2D eigenvalue weighted by Gasteiger charge is 2.12. The minimum atomic E-state index is -0.688. The third kappa shape index (κ3) is 20.6. The standard InChI is InChI=1S/C11H16N4O2.C10H13BrN4O.C10H13FN4O.C9H10Cl2N4O/c1-6-4-8(17-3)5-7(2)9(6)14-11(16)15-10(12)13;2*1-5-3-7(11)4-6(2)8(5)14-10(16)15-9(12)13;1-4-2-5(10)3-6(11)7(4)14-9(16)15-8(12)13/h4-5H,1-3H3,(H5,12,13,14,15,16);2*3-4H,1-2H3,(H5,12,13,14,15,16);2-3H,1H3,(H5,12,13,14,15,16). The highest BCUT2D eigenvalue weighted by atomic mass is 79.9. The van der Waals surface area contributed by atoms with Gasteiger partial charge in [0, 0.05) is 26.6 Å². The number of halogens is 4. The Bertz CT molecular complexity index is 2220. The molecule has 0 aliphatic heterocycles. The van der Waals surface area contributed by atoms with Crippen LogP contribution in [0.15, 0.2) is 73.0 Å². The highest BCUT2D eigenvalue weighted by molar-refractivity contribution is 9.10. The average molecular weight is 1010 g/mol. The predicted octanol–water partition coefficient (Wildman–Crippen LogP) is 6.34. The lowest BCUT2D eigenvalue weighted by Crippen LogP contribution is -2.25. The molecule has 0 aliphatic rings. The Hall–Kier alpha value is -7.37. The molecule has 4 aromatic carbocycles. The number of carbonyl (C=O) groups excluding carboxylic acids is 4. The SMILES string of the molecule is COc1cc(C)c(NC(=O)N=C(N)N)c(C)c1.Cc1cc(Br)cc(C)c1NC(=O)N=C(N)N.Cc1cc(Cl)cc(Cl)c1NC(=O)N=C(N)N.Cc1cc(F)cc(C)c1NC(=O)N=C(N)N. The maximum Gasteiger partial charge on any atom is 0.348 e. The van der Waals surface area contributed by atoms with Crippen molar-refractivity contribution < 1.29 is 28.3 Å². The van der Waals surface area contributed by atoms with Gasteiger partial charge in [0.25, 0.3) is 0 Å². The number of urea groups is 4. The number of guanidine groups is 4. The number of hydrogen-bond donors (Lipinski definition) is 12. The zero-order valence-corrected chi connectivity index (χ0v) is 39.7. The number of methoxy groups -OCH3 is 1. The number of nitrogens with two attached hydrogens (primary N) is 8. The van der Waals surface area contributed by atoms with Crippen molar-refractivity contribution in [3.8, 4) is 5.75 Å². The maximum atomic E-state index is 13.0. The van der Waals surface area contributed by atoms with Crippen molar-refractivity contribution in [3.05, 3.63) is 108 Å². The van der Waals surface area contributed by atoms with Crippen LogP contribution in [0.5, 0.6) is 5.75 Å². The van der Waals surface area contributed by atoms with Crippen molar-refractivity contribution in [2.24, 2.45) is 65.8 Å². The van der Waals surface area contributed by atoms with Crippen molar-refractivity contribution in [1.29, 1.82) is 0 Å². The molecule has 0 spiro atoms. The number of ether oxygens (including phenoxy) is 1. The number of amides is 8. The smallest absolute Gasteiger partial charge is 0.348 e. The number of rotatable bonds is 5. The fourth-order valence-electron chi connectivity index (χ4n) is 5.32. The van der Waals surface area contributed by atoms with Gasteiger partial charge in [0.15, 0.2) is 23.8 Å². The summed E-state index contributed by atoms with van der Waals surface area (Å²) in [7, 11) is 1.59. The van der Waals surface area contributed by atoms with E-state index in [-0.39, 0.29) is 29.7 Å². The van der Waals surface area contributed by atoms with E-state index in [1.165, 1.54) is 18.2 Å². The Morgan fingerprint density at radius 2 is 0.769 bits per heavy atom. The molecule has 0 heterocycles. The van der Waals surface area contributed by atoms with Gasteiger partial charge >= 0.3 is 24.1 Å².